The smallest absolute Gasteiger partial charge is 0.235 e. The van der Waals surface area contributed by atoms with Crippen LogP contribution >= 0.6 is 11.3 Å². The second kappa shape index (κ2) is 9.68. The van der Waals surface area contributed by atoms with Crippen molar-refractivity contribution in [1.29, 1.82) is 0 Å². The molecule has 0 aliphatic heterocycles. The summed E-state index contributed by atoms with van der Waals surface area (Å²) in [6.45, 7) is 2.42. The summed E-state index contributed by atoms with van der Waals surface area (Å²) in [5.41, 5.74) is 2.12. The molecule has 0 saturated carbocycles. The number of carbonyl (C=O) groups is 1. The quantitative estimate of drug-likeness (QED) is 0.643. The molecule has 0 aliphatic carbocycles. The molecule has 0 saturated heterocycles. The second-order valence-corrected chi connectivity index (χ2v) is 9.14. The first-order valence-electron chi connectivity index (χ1n) is 8.37. The molecule has 2 aromatic rings. The van der Waals surface area contributed by atoms with Crippen molar-refractivity contribution in [2.75, 3.05) is 18.1 Å². The zero-order valence-electron chi connectivity index (χ0n) is 14.4. The minimum Gasteiger partial charge on any atom is -0.355 e. The van der Waals surface area contributed by atoms with Crippen molar-refractivity contribution in [2.24, 2.45) is 0 Å². The lowest BCUT2D eigenvalue weighted by atomic mass is 10.1. The lowest BCUT2D eigenvalue weighted by Crippen LogP contribution is -2.32. The Morgan fingerprint density at radius 1 is 1.16 bits per heavy atom. The number of hydrogen-bond acceptors (Lipinski definition) is 5. The zero-order chi connectivity index (χ0) is 18.1. The lowest BCUT2D eigenvalue weighted by Gasteiger charge is -2.06. The maximum Gasteiger partial charge on any atom is 0.235 e. The molecule has 0 atom stereocenters. The van der Waals surface area contributed by atoms with Gasteiger partial charge in [-0.2, -0.15) is 0 Å². The van der Waals surface area contributed by atoms with E-state index in [0.717, 1.165) is 29.1 Å². The average Bonchev–Trinajstić information content (AvgIpc) is 2.97. The molecule has 0 fully saturated rings. The predicted molar refractivity (Wildman–Crippen MR) is 102 cm³/mol. The van der Waals surface area contributed by atoms with Gasteiger partial charge < -0.3 is 5.32 Å². The summed E-state index contributed by atoms with van der Waals surface area (Å²) < 4.78 is 24.0. The van der Waals surface area contributed by atoms with E-state index in [0.29, 0.717) is 19.4 Å². The Kier molecular flexibility index (Phi) is 7.58. The van der Waals surface area contributed by atoms with E-state index in [1.165, 1.54) is 0 Å². The Hall–Kier alpha value is -1.73. The number of hydrogen-bond donors (Lipinski definition) is 1. The number of aromatic nitrogens is 1. The van der Waals surface area contributed by atoms with Crippen LogP contribution in [0.5, 0.6) is 0 Å². The number of nitrogens with zero attached hydrogens (tertiary/aromatic N) is 1. The van der Waals surface area contributed by atoms with Crippen molar-refractivity contribution in [1.82, 2.24) is 10.3 Å². The van der Waals surface area contributed by atoms with Gasteiger partial charge in [-0.25, -0.2) is 13.4 Å². The molecule has 2 rings (SSSR count). The third kappa shape index (κ3) is 7.79. The average molecular weight is 381 g/mol. The monoisotopic (exact) mass is 380 g/mol. The summed E-state index contributed by atoms with van der Waals surface area (Å²) >= 11 is 1.61. The molecule has 0 spiro atoms. The van der Waals surface area contributed by atoms with Crippen LogP contribution in [0.4, 0.5) is 0 Å². The van der Waals surface area contributed by atoms with Crippen molar-refractivity contribution >= 4 is 27.1 Å². The number of amides is 1. The van der Waals surface area contributed by atoms with Gasteiger partial charge >= 0.3 is 0 Å². The number of carbonyl (C=O) groups excluding carboxylic acids is 1. The minimum atomic E-state index is -3.36. The Labute approximate surface area is 153 Å². The van der Waals surface area contributed by atoms with Gasteiger partial charge in [-0.1, -0.05) is 30.3 Å². The fourth-order valence-corrected chi connectivity index (χ4v) is 4.50. The Bertz CT molecular complexity index is 771. The highest BCUT2D eigenvalue weighted by molar-refractivity contribution is 7.92. The van der Waals surface area contributed by atoms with E-state index in [-0.39, 0.29) is 5.75 Å². The van der Waals surface area contributed by atoms with Crippen LogP contribution in [0.25, 0.3) is 0 Å². The van der Waals surface area contributed by atoms with Crippen molar-refractivity contribution in [3.05, 3.63) is 52.0 Å². The Morgan fingerprint density at radius 3 is 2.60 bits per heavy atom. The van der Waals surface area contributed by atoms with E-state index in [1.807, 2.05) is 42.6 Å². The van der Waals surface area contributed by atoms with E-state index in [4.69, 9.17) is 0 Å². The Balaban J connectivity index is 1.62. The standard InChI is InChI=1S/C18H24N2O3S2/c1-15-13-24-18(20-15)10-5-11-19-17(21)14-25(22,23)12-6-9-16-7-3-2-4-8-16/h2-4,7-8,13H,5-6,9-12,14H2,1H3,(H,19,21). The van der Waals surface area contributed by atoms with Crippen molar-refractivity contribution in [3.63, 3.8) is 0 Å². The molecule has 1 N–H and O–H groups in total. The van der Waals surface area contributed by atoms with Crippen LogP contribution in [0, 0.1) is 6.92 Å². The van der Waals surface area contributed by atoms with Gasteiger partial charge in [-0.3, -0.25) is 4.79 Å². The largest absolute Gasteiger partial charge is 0.355 e. The SMILES string of the molecule is Cc1csc(CCCNC(=O)CS(=O)(=O)CCCc2ccccc2)n1. The second-order valence-electron chi connectivity index (χ2n) is 6.02. The van der Waals surface area contributed by atoms with Crippen LogP contribution in [-0.2, 0) is 27.5 Å². The highest BCUT2D eigenvalue weighted by Gasteiger charge is 2.16. The summed E-state index contributed by atoms with van der Waals surface area (Å²) in [6.07, 6.45) is 2.79. The topological polar surface area (TPSA) is 76.1 Å². The molecule has 5 nitrogen and oxygen atoms in total. The van der Waals surface area contributed by atoms with E-state index in [2.05, 4.69) is 10.3 Å². The molecule has 0 unspecified atom stereocenters. The van der Waals surface area contributed by atoms with Gasteiger partial charge in [0.05, 0.1) is 10.8 Å². The predicted octanol–water partition coefficient (Wildman–Crippen LogP) is 2.55. The summed E-state index contributed by atoms with van der Waals surface area (Å²) in [7, 11) is -3.36. The molecular weight excluding hydrogens is 356 g/mol. The molecule has 1 aromatic heterocycles. The molecule has 0 radical (unpaired) electrons. The molecule has 25 heavy (non-hydrogen) atoms. The lowest BCUT2D eigenvalue weighted by molar-refractivity contribution is -0.118. The normalized spacial score (nSPS) is 11.4. The van der Waals surface area contributed by atoms with Gasteiger partial charge in [-0.05, 0) is 31.7 Å². The fourth-order valence-electron chi connectivity index (χ4n) is 2.45. The van der Waals surface area contributed by atoms with Crippen LogP contribution in [-0.4, -0.2) is 37.4 Å². The van der Waals surface area contributed by atoms with E-state index >= 15 is 0 Å². The third-order valence-corrected chi connectivity index (χ3v) is 6.31. The van der Waals surface area contributed by atoms with Gasteiger partial charge in [0.1, 0.15) is 5.75 Å². The third-order valence-electron chi connectivity index (χ3n) is 3.67. The first-order chi connectivity index (χ1) is 11.9. The maximum absolute atomic E-state index is 12.0. The van der Waals surface area contributed by atoms with E-state index in [9.17, 15) is 13.2 Å². The number of sulfone groups is 1. The van der Waals surface area contributed by atoms with E-state index < -0.39 is 21.5 Å². The van der Waals surface area contributed by atoms with Gasteiger partial charge in [0.25, 0.3) is 0 Å². The summed E-state index contributed by atoms with van der Waals surface area (Å²) in [4.78, 5) is 16.2. The molecular formula is C18H24N2O3S2. The molecule has 0 aliphatic rings. The zero-order valence-corrected chi connectivity index (χ0v) is 16.0. The van der Waals surface area contributed by atoms with Gasteiger partial charge in [0.2, 0.25) is 5.91 Å². The number of rotatable bonds is 10. The molecule has 0 bridgehead atoms. The van der Waals surface area contributed by atoms with Crippen LogP contribution in [0.2, 0.25) is 0 Å². The van der Waals surface area contributed by atoms with Crippen molar-refractivity contribution in [2.45, 2.75) is 32.6 Å². The highest BCUT2D eigenvalue weighted by Crippen LogP contribution is 2.10. The first kappa shape index (κ1) is 19.6. The molecule has 1 amide bonds. The highest BCUT2D eigenvalue weighted by atomic mass is 32.2. The van der Waals surface area contributed by atoms with Crippen LogP contribution < -0.4 is 5.32 Å². The number of thiazole rings is 1. The molecule has 7 heteroatoms. The van der Waals surface area contributed by atoms with Crippen LogP contribution in [0.15, 0.2) is 35.7 Å². The number of nitrogens with one attached hydrogen (secondary N) is 1. The summed E-state index contributed by atoms with van der Waals surface area (Å²) in [5.74, 6) is -0.818. The van der Waals surface area contributed by atoms with Gasteiger partial charge in [-0.15, -0.1) is 11.3 Å². The van der Waals surface area contributed by atoms with E-state index in [1.54, 1.807) is 11.3 Å². The number of benzene rings is 1. The summed E-state index contributed by atoms with van der Waals surface area (Å²) in [5, 5.41) is 5.72. The summed E-state index contributed by atoms with van der Waals surface area (Å²) in [6, 6.07) is 9.75. The van der Waals surface area contributed by atoms with Crippen LogP contribution in [0.1, 0.15) is 29.1 Å². The fraction of sp³-hybridized carbons (Fsp3) is 0.444. The van der Waals surface area contributed by atoms with Crippen LogP contribution in [0.3, 0.4) is 0 Å². The molecule has 136 valence electrons. The molecule has 1 heterocycles. The molecule has 1 aromatic carbocycles. The first-order valence-corrected chi connectivity index (χ1v) is 11.1. The van der Waals surface area contributed by atoms with Gasteiger partial charge in [0, 0.05) is 24.0 Å². The van der Waals surface area contributed by atoms with Crippen molar-refractivity contribution in [3.8, 4) is 0 Å². The number of aryl methyl sites for hydroxylation is 3. The van der Waals surface area contributed by atoms with Gasteiger partial charge in [0.15, 0.2) is 9.84 Å². The van der Waals surface area contributed by atoms with Crippen molar-refractivity contribution < 1.29 is 13.2 Å². The minimum absolute atomic E-state index is 0.0354. The maximum atomic E-state index is 12.0. The Morgan fingerprint density at radius 2 is 1.92 bits per heavy atom.